The largest absolute Gasteiger partial charge is 0.380 e. The van der Waals surface area contributed by atoms with E-state index in [1.807, 2.05) is 12.1 Å². The third-order valence-electron chi connectivity index (χ3n) is 4.90. The van der Waals surface area contributed by atoms with Crippen LogP contribution in [0.15, 0.2) is 18.2 Å². The van der Waals surface area contributed by atoms with Crippen molar-refractivity contribution < 1.29 is 12.9 Å². The molecule has 0 aliphatic rings. The lowest BCUT2D eigenvalue weighted by atomic mass is 9.96. The summed E-state index contributed by atoms with van der Waals surface area (Å²) in [7, 11) is 0. The molecule has 1 aromatic carbocycles. The molecule has 1 atom stereocenters. The van der Waals surface area contributed by atoms with E-state index < -0.39 is 11.4 Å². The maximum atomic E-state index is 11.1. The third-order valence-corrected chi connectivity index (χ3v) is 5.22. The fraction of sp³-hybridized carbons (Fsp3) is 0.727. The van der Waals surface area contributed by atoms with Gasteiger partial charge in [-0.05, 0) is 48.8 Å². The molecule has 0 saturated carbocycles. The predicted molar refractivity (Wildman–Crippen MR) is 112 cm³/mol. The van der Waals surface area contributed by atoms with Crippen molar-refractivity contribution in [3.05, 3.63) is 29.3 Å². The number of rotatable bonds is 15. The van der Waals surface area contributed by atoms with Gasteiger partial charge in [0.2, 0.25) is 0 Å². The van der Waals surface area contributed by atoms with Gasteiger partial charge in [-0.15, -0.1) is 0 Å². The molecule has 0 aliphatic carbocycles. The van der Waals surface area contributed by atoms with E-state index in [4.69, 9.17) is 8.74 Å². The summed E-state index contributed by atoms with van der Waals surface area (Å²) in [6, 6.07) is 5.87. The second-order valence-electron chi connectivity index (χ2n) is 7.71. The van der Waals surface area contributed by atoms with Crippen molar-refractivity contribution in [3.63, 3.8) is 0 Å². The zero-order chi connectivity index (χ0) is 19.2. The van der Waals surface area contributed by atoms with Crippen LogP contribution in [0.25, 0.3) is 0 Å². The van der Waals surface area contributed by atoms with Crippen molar-refractivity contribution in [1.29, 1.82) is 0 Å². The summed E-state index contributed by atoms with van der Waals surface area (Å²) in [6.45, 7) is 6.77. The zero-order valence-electron chi connectivity index (χ0n) is 17.0. The number of hydrogen-bond acceptors (Lipinski definition) is 2. The lowest BCUT2D eigenvalue weighted by Crippen LogP contribution is -2.04. The van der Waals surface area contributed by atoms with Crippen LogP contribution < -0.4 is 4.18 Å². The zero-order valence-corrected chi connectivity index (χ0v) is 17.8. The second-order valence-corrected chi connectivity index (χ2v) is 8.31. The molecule has 0 saturated heterocycles. The van der Waals surface area contributed by atoms with Gasteiger partial charge in [0.1, 0.15) is 5.75 Å². The molecule has 150 valence electrons. The number of unbranched alkanes of at least 4 members (excludes halogenated alkanes) is 7. The Kier molecular flexibility index (Phi) is 12.7. The predicted octanol–water partition coefficient (Wildman–Crippen LogP) is 6.86. The maximum absolute atomic E-state index is 11.1. The highest BCUT2D eigenvalue weighted by Crippen LogP contribution is 2.27. The number of benzene rings is 1. The van der Waals surface area contributed by atoms with Crippen LogP contribution in [0.5, 0.6) is 5.75 Å². The Balaban J connectivity index is 2.40. The van der Waals surface area contributed by atoms with E-state index in [9.17, 15) is 4.21 Å². The summed E-state index contributed by atoms with van der Waals surface area (Å²) in [5, 5.41) is 0. The minimum absolute atomic E-state index is 0.577. The quantitative estimate of drug-likeness (QED) is 0.266. The Morgan fingerprint density at radius 2 is 1.62 bits per heavy atom. The minimum atomic E-state index is -2.26. The second kappa shape index (κ2) is 14.2. The van der Waals surface area contributed by atoms with E-state index in [1.165, 1.54) is 50.5 Å². The third kappa shape index (κ3) is 10.3. The van der Waals surface area contributed by atoms with Gasteiger partial charge in [0, 0.05) is 0 Å². The lowest BCUT2D eigenvalue weighted by molar-refractivity contribution is 0.454. The van der Waals surface area contributed by atoms with Gasteiger partial charge in [-0.2, -0.15) is 4.21 Å². The van der Waals surface area contributed by atoms with E-state index in [0.717, 1.165) is 43.6 Å². The van der Waals surface area contributed by atoms with Gasteiger partial charge >= 0.3 is 11.4 Å². The van der Waals surface area contributed by atoms with Gasteiger partial charge in [-0.1, -0.05) is 84.3 Å². The van der Waals surface area contributed by atoms with E-state index in [1.54, 1.807) is 0 Å². The van der Waals surface area contributed by atoms with Crippen molar-refractivity contribution in [3.8, 4) is 5.75 Å². The lowest BCUT2D eigenvalue weighted by Gasteiger charge is -2.13. The first-order valence-electron chi connectivity index (χ1n) is 10.4. The van der Waals surface area contributed by atoms with Crippen molar-refractivity contribution in [2.24, 2.45) is 5.92 Å². The van der Waals surface area contributed by atoms with E-state index in [0.29, 0.717) is 5.75 Å². The van der Waals surface area contributed by atoms with Gasteiger partial charge in [-0.25, -0.2) is 0 Å². The van der Waals surface area contributed by atoms with Crippen LogP contribution in [-0.4, -0.2) is 8.76 Å². The molecule has 4 heteroatoms. The molecular weight excluding hydrogens is 344 g/mol. The Bertz CT molecular complexity index is 514. The Morgan fingerprint density at radius 1 is 0.962 bits per heavy atom. The van der Waals surface area contributed by atoms with Crippen LogP contribution in [-0.2, 0) is 24.2 Å². The molecule has 1 unspecified atom stereocenters. The Labute approximate surface area is 163 Å². The first-order valence-corrected chi connectivity index (χ1v) is 11.5. The van der Waals surface area contributed by atoms with Gasteiger partial charge in [0.15, 0.2) is 0 Å². The molecule has 0 spiro atoms. The van der Waals surface area contributed by atoms with Gasteiger partial charge < -0.3 is 4.18 Å². The highest BCUT2D eigenvalue weighted by atomic mass is 32.2. The van der Waals surface area contributed by atoms with Gasteiger partial charge in [0.25, 0.3) is 0 Å². The molecule has 0 heterocycles. The summed E-state index contributed by atoms with van der Waals surface area (Å²) in [5.74, 6) is 1.40. The van der Waals surface area contributed by atoms with E-state index in [-0.39, 0.29) is 0 Å². The molecule has 3 nitrogen and oxygen atoms in total. The summed E-state index contributed by atoms with van der Waals surface area (Å²) >= 11 is -2.26. The monoisotopic (exact) mass is 382 g/mol. The topological polar surface area (TPSA) is 46.5 Å². The molecule has 0 fully saturated rings. The van der Waals surface area contributed by atoms with Crippen molar-refractivity contribution >= 4 is 11.4 Å². The molecule has 26 heavy (non-hydrogen) atoms. The fourth-order valence-corrected chi connectivity index (χ4v) is 3.70. The van der Waals surface area contributed by atoms with Gasteiger partial charge in [-0.3, -0.25) is 4.55 Å². The highest BCUT2D eigenvalue weighted by molar-refractivity contribution is 7.74. The summed E-state index contributed by atoms with van der Waals surface area (Å²) < 4.78 is 25.3. The smallest absolute Gasteiger partial charge is 0.357 e. The molecule has 1 aromatic rings. The summed E-state index contributed by atoms with van der Waals surface area (Å²) in [5.41, 5.74) is 2.39. The number of hydrogen-bond donors (Lipinski definition) is 1. The van der Waals surface area contributed by atoms with Crippen LogP contribution in [0.2, 0.25) is 0 Å². The normalized spacial score (nSPS) is 12.5. The molecule has 0 radical (unpaired) electrons. The van der Waals surface area contributed by atoms with Crippen molar-refractivity contribution in [2.75, 3.05) is 0 Å². The average Bonchev–Trinajstić information content (AvgIpc) is 2.59. The number of aryl methyl sites for hydroxylation is 1. The standard InChI is InChI=1S/C22H38O3S/c1-4-5-15-20-16-13-18-22(25-26(23)24)21(20)17-12-10-8-6-7-9-11-14-19(2)3/h13,16,18-19H,4-12,14-15,17H2,1-3H3,(H,23,24). The molecule has 0 aliphatic heterocycles. The van der Waals surface area contributed by atoms with Crippen molar-refractivity contribution in [1.82, 2.24) is 0 Å². The van der Waals surface area contributed by atoms with Crippen LogP contribution in [0.3, 0.4) is 0 Å². The molecule has 0 amide bonds. The van der Waals surface area contributed by atoms with Crippen LogP contribution in [0.1, 0.15) is 96.1 Å². The maximum Gasteiger partial charge on any atom is 0.357 e. The molecule has 1 N–H and O–H groups in total. The van der Waals surface area contributed by atoms with Crippen LogP contribution >= 0.6 is 0 Å². The summed E-state index contributed by atoms with van der Waals surface area (Å²) in [4.78, 5) is 0. The van der Waals surface area contributed by atoms with E-state index in [2.05, 4.69) is 26.8 Å². The molecule has 0 bridgehead atoms. The summed E-state index contributed by atoms with van der Waals surface area (Å²) in [6.07, 6.45) is 14.6. The fourth-order valence-electron chi connectivity index (χ4n) is 3.39. The SMILES string of the molecule is CCCCc1cccc(OS(=O)O)c1CCCCCCCCCC(C)C. The molecule has 1 rings (SSSR count). The Morgan fingerprint density at radius 3 is 2.23 bits per heavy atom. The highest BCUT2D eigenvalue weighted by Gasteiger charge is 2.11. The average molecular weight is 383 g/mol. The minimum Gasteiger partial charge on any atom is -0.380 e. The van der Waals surface area contributed by atoms with E-state index >= 15 is 0 Å². The first-order chi connectivity index (χ1) is 12.5. The molecule has 0 aromatic heterocycles. The first kappa shape index (κ1) is 23.2. The van der Waals surface area contributed by atoms with Gasteiger partial charge in [0.05, 0.1) is 0 Å². The Hall–Kier alpha value is -0.870. The van der Waals surface area contributed by atoms with Crippen LogP contribution in [0, 0.1) is 5.92 Å². The molecular formula is C22H38O3S. The van der Waals surface area contributed by atoms with Crippen molar-refractivity contribution in [2.45, 2.75) is 97.8 Å². The van der Waals surface area contributed by atoms with Crippen LogP contribution in [0.4, 0.5) is 0 Å².